The Labute approximate surface area is 183 Å². The van der Waals surface area contributed by atoms with E-state index in [-0.39, 0.29) is 23.0 Å². The normalized spacial score (nSPS) is 12.5. The van der Waals surface area contributed by atoms with Crippen molar-refractivity contribution >= 4 is 36.5 Å². The zero-order valence-corrected chi connectivity index (χ0v) is 19.6. The quantitative estimate of drug-likeness (QED) is 0.425. The Morgan fingerprint density at radius 2 is 1.68 bits per heavy atom. The standard InChI is InChI=1S/C23H26O6S2/c1-5-31(26,27)19-10-7-18(8-11-19)29-22-13-16(14-23(24)28-2)12-17-6-9-20(15-21(17)22)30(3,4)25/h6-13,15,30H,5,14H2,1-4H3. The molecule has 0 aromatic heterocycles. The highest BCUT2D eigenvalue weighted by Crippen LogP contribution is 2.34. The minimum Gasteiger partial charge on any atom is -0.469 e. The zero-order chi connectivity index (χ0) is 22.8. The summed E-state index contributed by atoms with van der Waals surface area (Å²) in [4.78, 5) is 12.7. The molecule has 0 atom stereocenters. The van der Waals surface area contributed by atoms with Gasteiger partial charge in [-0.15, -0.1) is 0 Å². The number of thiol groups is 1. The van der Waals surface area contributed by atoms with E-state index in [1.54, 1.807) is 37.6 Å². The molecule has 0 bridgehead atoms. The Balaban J connectivity index is 2.09. The van der Waals surface area contributed by atoms with Crippen LogP contribution in [0, 0.1) is 0 Å². The van der Waals surface area contributed by atoms with Gasteiger partial charge in [-0.1, -0.05) is 29.0 Å². The SMILES string of the molecule is CCS(=O)(=O)c1ccc(Oc2cc(CC(=O)OC)cc3ccc([SH](C)(C)=O)cc23)cc1. The number of methoxy groups -OCH3 is 1. The molecule has 0 radical (unpaired) electrons. The number of sulfone groups is 1. The number of hydrogen-bond donors (Lipinski definition) is 1. The maximum Gasteiger partial charge on any atom is 0.309 e. The van der Waals surface area contributed by atoms with E-state index in [9.17, 15) is 17.4 Å². The summed E-state index contributed by atoms with van der Waals surface area (Å²) in [6, 6.07) is 15.3. The van der Waals surface area contributed by atoms with Crippen molar-refractivity contribution in [3.63, 3.8) is 0 Å². The molecule has 0 N–H and O–H groups in total. The summed E-state index contributed by atoms with van der Waals surface area (Å²) in [5.74, 6) is 0.582. The summed E-state index contributed by atoms with van der Waals surface area (Å²) < 4.78 is 47.5. The maximum absolute atomic E-state index is 12.6. The monoisotopic (exact) mass is 462 g/mol. The van der Waals surface area contributed by atoms with Crippen molar-refractivity contribution in [2.45, 2.75) is 23.1 Å². The molecule has 6 nitrogen and oxygen atoms in total. The molecule has 0 saturated heterocycles. The van der Waals surface area contributed by atoms with Crippen LogP contribution in [0.4, 0.5) is 0 Å². The maximum atomic E-state index is 12.6. The Bertz CT molecular complexity index is 1270. The summed E-state index contributed by atoms with van der Waals surface area (Å²) in [7, 11) is -4.46. The Morgan fingerprint density at radius 1 is 1.00 bits per heavy atom. The first-order valence-corrected chi connectivity index (χ1v) is 14.0. The van der Waals surface area contributed by atoms with Gasteiger partial charge in [0.25, 0.3) is 0 Å². The zero-order valence-electron chi connectivity index (χ0n) is 17.9. The lowest BCUT2D eigenvalue weighted by atomic mass is 10.0. The highest BCUT2D eigenvalue weighted by molar-refractivity contribution is 8.01. The van der Waals surface area contributed by atoms with Gasteiger partial charge in [-0.3, -0.25) is 9.00 Å². The van der Waals surface area contributed by atoms with Crippen LogP contribution in [0.1, 0.15) is 12.5 Å². The molecule has 31 heavy (non-hydrogen) atoms. The minimum absolute atomic E-state index is 0.0181. The average molecular weight is 463 g/mol. The third-order valence-electron chi connectivity index (χ3n) is 4.95. The van der Waals surface area contributed by atoms with Gasteiger partial charge in [-0.25, -0.2) is 8.42 Å². The number of hydrogen-bond acceptors (Lipinski definition) is 6. The number of fused-ring (bicyclic) bond motifs is 1. The van der Waals surface area contributed by atoms with E-state index in [1.165, 1.54) is 19.2 Å². The molecule has 0 spiro atoms. The summed E-state index contributed by atoms with van der Waals surface area (Å²) >= 11 is 0. The number of esters is 1. The predicted octanol–water partition coefficient (Wildman–Crippen LogP) is 3.78. The molecule has 0 amide bonds. The van der Waals surface area contributed by atoms with Crippen LogP contribution in [0.5, 0.6) is 11.5 Å². The lowest BCUT2D eigenvalue weighted by Crippen LogP contribution is -2.07. The van der Waals surface area contributed by atoms with Crippen molar-refractivity contribution in [3.05, 3.63) is 60.2 Å². The summed E-state index contributed by atoms with van der Waals surface area (Å²) in [5, 5.41) is 1.58. The summed E-state index contributed by atoms with van der Waals surface area (Å²) in [6.07, 6.45) is 3.48. The van der Waals surface area contributed by atoms with Crippen LogP contribution in [0.3, 0.4) is 0 Å². The van der Waals surface area contributed by atoms with Crippen LogP contribution in [-0.2, 0) is 35.7 Å². The van der Waals surface area contributed by atoms with Crippen LogP contribution < -0.4 is 4.74 Å². The lowest BCUT2D eigenvalue weighted by Gasteiger charge is -2.16. The number of carbonyl (C=O) groups is 1. The smallest absolute Gasteiger partial charge is 0.309 e. The van der Waals surface area contributed by atoms with Crippen molar-refractivity contribution in [1.29, 1.82) is 0 Å². The fraction of sp³-hybridized carbons (Fsp3) is 0.261. The molecule has 166 valence electrons. The van der Waals surface area contributed by atoms with Crippen LogP contribution in [-0.4, -0.2) is 44.0 Å². The van der Waals surface area contributed by atoms with Gasteiger partial charge in [-0.2, -0.15) is 0 Å². The van der Waals surface area contributed by atoms with Gasteiger partial charge in [0, 0.05) is 10.3 Å². The van der Waals surface area contributed by atoms with Crippen molar-refractivity contribution in [3.8, 4) is 11.5 Å². The van der Waals surface area contributed by atoms with E-state index in [0.29, 0.717) is 17.1 Å². The molecule has 3 aromatic rings. The second-order valence-electron chi connectivity index (χ2n) is 7.58. The summed E-state index contributed by atoms with van der Waals surface area (Å²) in [5.41, 5.74) is 0.712. The molecule has 0 fully saturated rings. The molecule has 0 heterocycles. The Hall–Kier alpha value is -2.71. The van der Waals surface area contributed by atoms with Crippen molar-refractivity contribution in [2.75, 3.05) is 25.4 Å². The fourth-order valence-corrected chi connectivity index (χ4v) is 4.90. The molecule has 8 heteroatoms. The van der Waals surface area contributed by atoms with Gasteiger partial charge < -0.3 is 9.47 Å². The van der Waals surface area contributed by atoms with E-state index in [2.05, 4.69) is 0 Å². The number of benzene rings is 3. The number of rotatable bonds is 7. The second kappa shape index (κ2) is 8.80. The molecular formula is C23H26O6S2. The van der Waals surface area contributed by atoms with Gasteiger partial charge in [0.1, 0.15) is 11.5 Å². The van der Waals surface area contributed by atoms with Gasteiger partial charge in [0.15, 0.2) is 9.84 Å². The number of ether oxygens (including phenoxy) is 2. The van der Waals surface area contributed by atoms with Crippen LogP contribution in [0.15, 0.2) is 64.4 Å². The first-order valence-electron chi connectivity index (χ1n) is 9.73. The highest BCUT2D eigenvalue weighted by atomic mass is 32.2. The van der Waals surface area contributed by atoms with Crippen LogP contribution in [0.2, 0.25) is 0 Å². The molecule has 0 saturated carbocycles. The third-order valence-corrected chi connectivity index (χ3v) is 8.22. The van der Waals surface area contributed by atoms with E-state index in [4.69, 9.17) is 9.47 Å². The molecule has 3 aromatic carbocycles. The van der Waals surface area contributed by atoms with Gasteiger partial charge in [0.05, 0.1) is 24.2 Å². The molecular weight excluding hydrogens is 436 g/mol. The molecule has 0 aliphatic heterocycles. The second-order valence-corrected chi connectivity index (χ2v) is 13.1. The topological polar surface area (TPSA) is 86.7 Å². The third kappa shape index (κ3) is 5.32. The van der Waals surface area contributed by atoms with E-state index in [0.717, 1.165) is 15.7 Å². The fourth-order valence-electron chi connectivity index (χ4n) is 3.14. The Morgan fingerprint density at radius 3 is 2.26 bits per heavy atom. The van der Waals surface area contributed by atoms with Crippen LogP contribution >= 0.6 is 0 Å². The predicted molar refractivity (Wildman–Crippen MR) is 124 cm³/mol. The number of carbonyl (C=O) groups excluding carboxylic acids is 1. The van der Waals surface area contributed by atoms with Crippen molar-refractivity contribution in [1.82, 2.24) is 0 Å². The van der Waals surface area contributed by atoms with Crippen molar-refractivity contribution in [2.24, 2.45) is 0 Å². The first-order chi connectivity index (χ1) is 14.5. The van der Waals surface area contributed by atoms with Gasteiger partial charge >= 0.3 is 5.97 Å². The first kappa shape index (κ1) is 23.0. The summed E-state index contributed by atoms with van der Waals surface area (Å²) in [6.45, 7) is 1.59. The molecule has 0 aliphatic carbocycles. The van der Waals surface area contributed by atoms with Crippen molar-refractivity contribution < 1.29 is 26.9 Å². The lowest BCUT2D eigenvalue weighted by molar-refractivity contribution is -0.139. The molecule has 0 aliphatic rings. The van der Waals surface area contributed by atoms with E-state index in [1.807, 2.05) is 24.3 Å². The van der Waals surface area contributed by atoms with Gasteiger partial charge in [0.2, 0.25) is 0 Å². The highest BCUT2D eigenvalue weighted by Gasteiger charge is 2.15. The minimum atomic E-state index is -3.31. The van der Waals surface area contributed by atoms with Crippen LogP contribution in [0.25, 0.3) is 10.8 Å². The van der Waals surface area contributed by atoms with E-state index >= 15 is 0 Å². The Kier molecular flexibility index (Phi) is 6.52. The largest absolute Gasteiger partial charge is 0.469 e. The molecule has 0 unspecified atom stereocenters. The average Bonchev–Trinajstić information content (AvgIpc) is 2.73. The van der Waals surface area contributed by atoms with Gasteiger partial charge in [-0.05, 0) is 65.9 Å². The van der Waals surface area contributed by atoms with E-state index < -0.39 is 19.8 Å². The molecule has 3 rings (SSSR count).